The summed E-state index contributed by atoms with van der Waals surface area (Å²) in [6.45, 7) is 1.91. The van der Waals surface area contributed by atoms with Crippen molar-refractivity contribution in [3.8, 4) is 0 Å². The Balaban J connectivity index is 1.27. The van der Waals surface area contributed by atoms with Crippen LogP contribution in [-0.2, 0) is 12.6 Å². The summed E-state index contributed by atoms with van der Waals surface area (Å²) in [5.74, 6) is -0.0145. The Kier molecular flexibility index (Phi) is 4.57. The van der Waals surface area contributed by atoms with Crippen LogP contribution in [0.1, 0.15) is 24.2 Å². The molecular formula is C23H22F5N5. The van der Waals surface area contributed by atoms with Crippen LogP contribution in [0.25, 0.3) is 5.65 Å². The molecule has 0 radical (unpaired) electrons. The van der Waals surface area contributed by atoms with Gasteiger partial charge in [-0.3, -0.25) is 4.40 Å². The topological polar surface area (TPSA) is 36.7 Å². The van der Waals surface area contributed by atoms with E-state index in [0.717, 1.165) is 18.9 Å². The van der Waals surface area contributed by atoms with Gasteiger partial charge in [0.05, 0.1) is 11.4 Å². The Morgan fingerprint density at radius 3 is 2.15 bits per heavy atom. The smallest absolute Gasteiger partial charge is 0.370 e. The Hall–Kier alpha value is -2.91. The highest BCUT2D eigenvalue weighted by Crippen LogP contribution is 2.43. The van der Waals surface area contributed by atoms with E-state index < -0.39 is 23.4 Å². The van der Waals surface area contributed by atoms with Crippen LogP contribution in [0, 0.1) is 29.4 Å². The molecule has 174 valence electrons. The maximum Gasteiger partial charge on any atom is 0.422 e. The molecule has 6 rings (SSSR count). The summed E-state index contributed by atoms with van der Waals surface area (Å²) in [7, 11) is 0. The number of benzene rings is 1. The summed E-state index contributed by atoms with van der Waals surface area (Å²) in [4.78, 5) is 3.63. The number of hydrogen-bond acceptors (Lipinski definition) is 4. The molecule has 3 aromatic rings. The van der Waals surface area contributed by atoms with Crippen molar-refractivity contribution < 1.29 is 22.0 Å². The standard InChI is InChI=1S/C23H22F5N5/c24-16-3-4-18(17(25)8-16)31-9-14-11-32(12-15(14)10-31)19-5-6-33-20(7-13-1-2-13)29-30-22(33)21(19)23(26,27)28/h3-6,8,13-15H,1-2,7,9-12H2. The average Bonchev–Trinajstić information content (AvgIpc) is 3.14. The highest BCUT2D eigenvalue weighted by molar-refractivity contribution is 5.67. The van der Waals surface area contributed by atoms with Crippen molar-refractivity contribution in [3.63, 3.8) is 0 Å². The van der Waals surface area contributed by atoms with Gasteiger partial charge in [0.1, 0.15) is 23.0 Å². The lowest BCUT2D eigenvalue weighted by atomic mass is 10.0. The summed E-state index contributed by atoms with van der Waals surface area (Å²) < 4.78 is 71.5. The number of fused-ring (bicyclic) bond motifs is 2. The van der Waals surface area contributed by atoms with Crippen LogP contribution in [0.3, 0.4) is 0 Å². The second-order valence-corrected chi connectivity index (χ2v) is 9.46. The van der Waals surface area contributed by atoms with Gasteiger partial charge in [0, 0.05) is 56.7 Å². The molecule has 2 aromatic heterocycles. The number of pyridine rings is 1. The minimum Gasteiger partial charge on any atom is -0.370 e. The minimum absolute atomic E-state index is 0.0926. The number of nitrogens with zero attached hydrogens (tertiary/aromatic N) is 5. The van der Waals surface area contributed by atoms with Crippen LogP contribution in [0.4, 0.5) is 33.3 Å². The maximum atomic E-state index is 14.2. The fourth-order valence-electron chi connectivity index (χ4n) is 5.37. The summed E-state index contributed by atoms with van der Waals surface area (Å²) in [6, 6.07) is 5.02. The summed E-state index contributed by atoms with van der Waals surface area (Å²) in [5, 5.41) is 7.98. The van der Waals surface area contributed by atoms with E-state index >= 15 is 0 Å². The van der Waals surface area contributed by atoms with Crippen LogP contribution >= 0.6 is 0 Å². The summed E-state index contributed by atoms with van der Waals surface area (Å²) in [5.41, 5.74) is -0.445. The molecule has 1 aliphatic carbocycles. The first kappa shape index (κ1) is 20.7. The molecule has 10 heteroatoms. The second kappa shape index (κ2) is 7.30. The molecule has 2 aliphatic heterocycles. The third kappa shape index (κ3) is 3.59. The molecule has 0 spiro atoms. The van der Waals surface area contributed by atoms with Gasteiger partial charge in [0.2, 0.25) is 0 Å². The molecule has 2 unspecified atom stereocenters. The number of halogens is 5. The molecule has 4 heterocycles. The van der Waals surface area contributed by atoms with E-state index in [4.69, 9.17) is 0 Å². The lowest BCUT2D eigenvalue weighted by molar-refractivity contribution is -0.136. The predicted molar refractivity (Wildman–Crippen MR) is 112 cm³/mol. The van der Waals surface area contributed by atoms with Crippen LogP contribution < -0.4 is 9.80 Å². The van der Waals surface area contributed by atoms with E-state index in [1.54, 1.807) is 11.1 Å². The van der Waals surface area contributed by atoms with Crippen LogP contribution in [-0.4, -0.2) is 40.8 Å². The largest absolute Gasteiger partial charge is 0.422 e. The van der Waals surface area contributed by atoms with E-state index in [1.807, 2.05) is 4.90 Å². The highest BCUT2D eigenvalue weighted by Gasteiger charge is 2.45. The number of anilines is 2. The molecule has 3 aliphatic rings. The normalized spacial score (nSPS) is 23.1. The van der Waals surface area contributed by atoms with Gasteiger partial charge in [-0.15, -0.1) is 10.2 Å². The van der Waals surface area contributed by atoms with E-state index in [1.165, 1.54) is 22.6 Å². The first-order chi connectivity index (χ1) is 15.8. The van der Waals surface area contributed by atoms with Gasteiger partial charge in [-0.1, -0.05) is 0 Å². The van der Waals surface area contributed by atoms with Crippen molar-refractivity contribution in [2.75, 3.05) is 36.0 Å². The molecule has 2 atom stereocenters. The van der Waals surface area contributed by atoms with Crippen LogP contribution in [0.5, 0.6) is 0 Å². The quantitative estimate of drug-likeness (QED) is 0.532. The van der Waals surface area contributed by atoms with E-state index in [0.29, 0.717) is 50.0 Å². The van der Waals surface area contributed by atoms with Crippen molar-refractivity contribution >= 4 is 17.0 Å². The Morgan fingerprint density at radius 1 is 0.879 bits per heavy atom. The van der Waals surface area contributed by atoms with Crippen molar-refractivity contribution in [1.82, 2.24) is 14.6 Å². The van der Waals surface area contributed by atoms with Crippen molar-refractivity contribution in [2.45, 2.75) is 25.4 Å². The molecule has 5 nitrogen and oxygen atoms in total. The average molecular weight is 463 g/mol. The zero-order valence-electron chi connectivity index (χ0n) is 17.7. The minimum atomic E-state index is -4.57. The molecule has 0 bridgehead atoms. The number of alkyl halides is 3. The number of hydrogen-bond donors (Lipinski definition) is 0. The molecule has 0 N–H and O–H groups in total. The molecule has 0 amide bonds. The Bertz CT molecular complexity index is 1200. The molecule has 33 heavy (non-hydrogen) atoms. The van der Waals surface area contributed by atoms with Gasteiger partial charge >= 0.3 is 6.18 Å². The second-order valence-electron chi connectivity index (χ2n) is 9.46. The van der Waals surface area contributed by atoms with Crippen LogP contribution in [0.15, 0.2) is 30.5 Å². The fourth-order valence-corrected chi connectivity index (χ4v) is 5.37. The fraction of sp³-hybridized carbons (Fsp3) is 0.478. The lowest BCUT2D eigenvalue weighted by Gasteiger charge is -2.27. The highest BCUT2D eigenvalue weighted by atomic mass is 19.4. The van der Waals surface area contributed by atoms with Gasteiger partial charge in [0.15, 0.2) is 5.65 Å². The van der Waals surface area contributed by atoms with Crippen molar-refractivity contribution in [2.24, 2.45) is 17.8 Å². The molecular weight excluding hydrogens is 441 g/mol. The zero-order valence-corrected chi connectivity index (χ0v) is 17.7. The first-order valence-corrected chi connectivity index (χ1v) is 11.2. The zero-order chi connectivity index (χ0) is 22.9. The molecule has 3 fully saturated rings. The number of rotatable bonds is 4. The summed E-state index contributed by atoms with van der Waals surface area (Å²) in [6.07, 6.45) is -0.126. The van der Waals surface area contributed by atoms with Gasteiger partial charge < -0.3 is 9.80 Å². The van der Waals surface area contributed by atoms with E-state index in [9.17, 15) is 22.0 Å². The Labute approximate surface area is 186 Å². The summed E-state index contributed by atoms with van der Waals surface area (Å²) >= 11 is 0. The monoisotopic (exact) mass is 463 g/mol. The van der Waals surface area contributed by atoms with Gasteiger partial charge in [0.25, 0.3) is 0 Å². The lowest BCUT2D eigenvalue weighted by Crippen LogP contribution is -2.30. The SMILES string of the molecule is Fc1ccc(N2CC3CN(c4ccn5c(CC6CC6)nnc5c4C(F)(F)F)CC3C2)c(F)c1. The van der Waals surface area contributed by atoms with Gasteiger partial charge in [-0.25, -0.2) is 8.78 Å². The van der Waals surface area contributed by atoms with Crippen LogP contribution in [0.2, 0.25) is 0 Å². The third-order valence-corrected chi connectivity index (χ3v) is 7.16. The van der Waals surface area contributed by atoms with Gasteiger partial charge in [-0.2, -0.15) is 13.2 Å². The first-order valence-electron chi connectivity index (χ1n) is 11.2. The van der Waals surface area contributed by atoms with Crippen molar-refractivity contribution in [3.05, 3.63) is 53.5 Å². The van der Waals surface area contributed by atoms with E-state index in [-0.39, 0.29) is 23.2 Å². The van der Waals surface area contributed by atoms with Gasteiger partial charge in [-0.05, 0) is 37.0 Å². The molecule has 1 aromatic carbocycles. The third-order valence-electron chi connectivity index (χ3n) is 7.16. The Morgan fingerprint density at radius 2 is 1.55 bits per heavy atom. The van der Waals surface area contributed by atoms with E-state index in [2.05, 4.69) is 10.2 Å². The molecule has 1 saturated carbocycles. The number of aromatic nitrogens is 3. The molecule has 2 saturated heterocycles. The maximum absolute atomic E-state index is 14.2. The predicted octanol–water partition coefficient (Wildman–Crippen LogP) is 4.55. The van der Waals surface area contributed by atoms with Crippen molar-refractivity contribution in [1.29, 1.82) is 0 Å².